The van der Waals surface area contributed by atoms with Crippen LogP contribution in [0.2, 0.25) is 0 Å². The van der Waals surface area contributed by atoms with Crippen LogP contribution in [0.25, 0.3) is 0 Å². The second-order valence-electron chi connectivity index (χ2n) is 5.77. The second-order valence-corrected chi connectivity index (χ2v) is 5.77. The van der Waals surface area contributed by atoms with Crippen LogP contribution in [0.15, 0.2) is 53.7 Å². The molecule has 2 heterocycles. The quantitative estimate of drug-likeness (QED) is 0.656. The van der Waals surface area contributed by atoms with Gasteiger partial charge in [0.1, 0.15) is 5.75 Å². The summed E-state index contributed by atoms with van der Waals surface area (Å²) < 4.78 is 5.73. The average Bonchev–Trinajstić information content (AvgIpc) is 2.65. The summed E-state index contributed by atoms with van der Waals surface area (Å²) in [6, 6.07) is 14.2. The van der Waals surface area contributed by atoms with E-state index in [1.165, 1.54) is 5.56 Å². The van der Waals surface area contributed by atoms with Crippen molar-refractivity contribution in [3.63, 3.8) is 0 Å². The fraction of sp³-hybridized carbons (Fsp3) is 0.368. The van der Waals surface area contributed by atoms with Crippen LogP contribution in [0, 0.1) is 0 Å². The molecule has 2 N–H and O–H groups in total. The predicted octanol–water partition coefficient (Wildman–Crippen LogP) is 2.70. The van der Waals surface area contributed by atoms with E-state index in [9.17, 15) is 0 Å². The Labute approximate surface area is 143 Å². The van der Waals surface area contributed by atoms with Gasteiger partial charge in [0.15, 0.2) is 5.96 Å². The molecule has 2 aromatic rings. The molecule has 0 fully saturated rings. The van der Waals surface area contributed by atoms with E-state index in [0.717, 1.165) is 43.5 Å². The van der Waals surface area contributed by atoms with Crippen LogP contribution < -0.4 is 15.4 Å². The van der Waals surface area contributed by atoms with E-state index < -0.39 is 0 Å². The number of nitrogens with zero attached hydrogens (tertiary/aromatic N) is 2. The number of rotatable bonds is 5. The first-order valence-corrected chi connectivity index (χ1v) is 8.50. The Morgan fingerprint density at radius 1 is 1.21 bits per heavy atom. The number of pyridine rings is 1. The fourth-order valence-corrected chi connectivity index (χ4v) is 2.84. The highest BCUT2D eigenvalue weighted by atomic mass is 16.5. The van der Waals surface area contributed by atoms with Gasteiger partial charge < -0.3 is 15.4 Å². The van der Waals surface area contributed by atoms with Gasteiger partial charge in [-0.25, -0.2) is 4.99 Å². The Balaban J connectivity index is 1.62. The van der Waals surface area contributed by atoms with Crippen LogP contribution in [0.1, 0.15) is 30.5 Å². The second kappa shape index (κ2) is 8.34. The van der Waals surface area contributed by atoms with Gasteiger partial charge in [-0.1, -0.05) is 24.3 Å². The zero-order chi connectivity index (χ0) is 16.6. The van der Waals surface area contributed by atoms with Crippen molar-refractivity contribution in [2.75, 3.05) is 19.7 Å². The number of aliphatic imine (C=N–C) groups is 1. The third kappa shape index (κ3) is 4.25. The molecular formula is C19H24N4O. The monoisotopic (exact) mass is 324 g/mol. The average molecular weight is 324 g/mol. The molecule has 1 aliphatic heterocycles. The van der Waals surface area contributed by atoms with E-state index in [1.807, 2.05) is 30.3 Å². The Morgan fingerprint density at radius 2 is 2.08 bits per heavy atom. The first kappa shape index (κ1) is 16.3. The van der Waals surface area contributed by atoms with Crippen molar-refractivity contribution < 1.29 is 4.74 Å². The number of hydrogen-bond donors (Lipinski definition) is 2. The van der Waals surface area contributed by atoms with Crippen LogP contribution in [0.5, 0.6) is 5.75 Å². The SMILES string of the molecule is CCNC(=NCc1ccccn1)NCC1CCOc2ccccc21. The van der Waals surface area contributed by atoms with Crippen molar-refractivity contribution in [3.05, 3.63) is 59.9 Å². The summed E-state index contributed by atoms with van der Waals surface area (Å²) in [5, 5.41) is 6.75. The summed E-state index contributed by atoms with van der Waals surface area (Å²) in [6.45, 7) is 5.08. The van der Waals surface area contributed by atoms with Crippen molar-refractivity contribution in [2.24, 2.45) is 4.99 Å². The maximum absolute atomic E-state index is 5.73. The topological polar surface area (TPSA) is 58.5 Å². The first-order valence-electron chi connectivity index (χ1n) is 8.50. The molecule has 126 valence electrons. The summed E-state index contributed by atoms with van der Waals surface area (Å²) in [5.41, 5.74) is 2.24. The minimum atomic E-state index is 0.439. The summed E-state index contributed by atoms with van der Waals surface area (Å²) in [7, 11) is 0. The molecule has 0 spiro atoms. The lowest BCUT2D eigenvalue weighted by Crippen LogP contribution is -2.40. The lowest BCUT2D eigenvalue weighted by Gasteiger charge is -2.26. The van der Waals surface area contributed by atoms with Gasteiger partial charge in [0.05, 0.1) is 18.8 Å². The number of aromatic nitrogens is 1. The van der Waals surface area contributed by atoms with Crippen molar-refractivity contribution >= 4 is 5.96 Å². The van der Waals surface area contributed by atoms with Crippen LogP contribution >= 0.6 is 0 Å². The molecule has 0 radical (unpaired) electrons. The molecule has 0 saturated heterocycles. The van der Waals surface area contributed by atoms with Gasteiger partial charge in [-0.2, -0.15) is 0 Å². The molecule has 0 saturated carbocycles. The van der Waals surface area contributed by atoms with E-state index >= 15 is 0 Å². The van der Waals surface area contributed by atoms with Gasteiger partial charge in [0.25, 0.3) is 0 Å². The van der Waals surface area contributed by atoms with Crippen LogP contribution in [-0.4, -0.2) is 30.6 Å². The zero-order valence-corrected chi connectivity index (χ0v) is 14.0. The van der Waals surface area contributed by atoms with Crippen LogP contribution in [-0.2, 0) is 6.54 Å². The third-order valence-electron chi connectivity index (χ3n) is 4.07. The number of para-hydroxylation sites is 1. The standard InChI is InChI=1S/C19H24N4O/c1-2-20-19(23-14-16-7-5-6-11-21-16)22-13-15-10-12-24-18-9-4-3-8-17(15)18/h3-9,11,15H,2,10,12-14H2,1H3,(H2,20,22,23). The smallest absolute Gasteiger partial charge is 0.191 e. The summed E-state index contributed by atoms with van der Waals surface area (Å²) in [5.74, 6) is 2.27. The Hall–Kier alpha value is -2.56. The molecule has 5 nitrogen and oxygen atoms in total. The van der Waals surface area contributed by atoms with Crippen molar-refractivity contribution in [3.8, 4) is 5.75 Å². The van der Waals surface area contributed by atoms with Gasteiger partial charge in [0, 0.05) is 25.2 Å². The van der Waals surface area contributed by atoms with E-state index in [0.29, 0.717) is 12.5 Å². The molecule has 5 heteroatoms. The Morgan fingerprint density at radius 3 is 2.92 bits per heavy atom. The van der Waals surface area contributed by atoms with E-state index in [1.54, 1.807) is 6.20 Å². The molecule has 1 aromatic carbocycles. The number of nitrogens with one attached hydrogen (secondary N) is 2. The molecule has 0 bridgehead atoms. The number of guanidine groups is 1. The molecule has 3 rings (SSSR count). The van der Waals surface area contributed by atoms with Gasteiger partial charge in [-0.15, -0.1) is 0 Å². The Kier molecular flexibility index (Phi) is 5.66. The normalized spacial score (nSPS) is 16.9. The Bertz CT molecular complexity index is 672. The highest BCUT2D eigenvalue weighted by molar-refractivity contribution is 5.79. The van der Waals surface area contributed by atoms with E-state index in [-0.39, 0.29) is 0 Å². The van der Waals surface area contributed by atoms with Gasteiger partial charge in [0.2, 0.25) is 0 Å². The fourth-order valence-electron chi connectivity index (χ4n) is 2.84. The molecule has 1 aliphatic rings. The number of hydrogen-bond acceptors (Lipinski definition) is 3. The largest absolute Gasteiger partial charge is 0.493 e. The van der Waals surface area contributed by atoms with E-state index in [2.05, 4.69) is 39.7 Å². The number of ether oxygens (including phenoxy) is 1. The van der Waals surface area contributed by atoms with Crippen molar-refractivity contribution in [1.29, 1.82) is 0 Å². The molecule has 24 heavy (non-hydrogen) atoms. The van der Waals surface area contributed by atoms with E-state index in [4.69, 9.17) is 4.74 Å². The number of benzene rings is 1. The summed E-state index contributed by atoms with van der Waals surface area (Å²) in [4.78, 5) is 8.94. The maximum Gasteiger partial charge on any atom is 0.191 e. The van der Waals surface area contributed by atoms with Crippen molar-refractivity contribution in [2.45, 2.75) is 25.8 Å². The third-order valence-corrected chi connectivity index (χ3v) is 4.07. The minimum absolute atomic E-state index is 0.439. The highest BCUT2D eigenvalue weighted by Crippen LogP contribution is 2.32. The van der Waals surface area contributed by atoms with Gasteiger partial charge >= 0.3 is 0 Å². The molecule has 0 aliphatic carbocycles. The first-order chi connectivity index (χ1) is 11.9. The highest BCUT2D eigenvalue weighted by Gasteiger charge is 2.20. The van der Waals surface area contributed by atoms with Crippen LogP contribution in [0.4, 0.5) is 0 Å². The van der Waals surface area contributed by atoms with Gasteiger partial charge in [-0.3, -0.25) is 4.98 Å². The van der Waals surface area contributed by atoms with Crippen molar-refractivity contribution in [1.82, 2.24) is 15.6 Å². The summed E-state index contributed by atoms with van der Waals surface area (Å²) >= 11 is 0. The molecule has 1 atom stereocenters. The molecular weight excluding hydrogens is 300 g/mol. The summed E-state index contributed by atoms with van der Waals surface area (Å²) in [6.07, 6.45) is 2.81. The molecule has 0 amide bonds. The predicted molar refractivity (Wildman–Crippen MR) is 96.4 cm³/mol. The molecule has 1 unspecified atom stereocenters. The molecule has 1 aromatic heterocycles. The van der Waals surface area contributed by atoms with Gasteiger partial charge in [-0.05, 0) is 37.1 Å². The number of fused-ring (bicyclic) bond motifs is 1. The maximum atomic E-state index is 5.73. The van der Waals surface area contributed by atoms with Crippen LogP contribution in [0.3, 0.4) is 0 Å². The lowest BCUT2D eigenvalue weighted by molar-refractivity contribution is 0.267. The zero-order valence-electron chi connectivity index (χ0n) is 14.0. The lowest BCUT2D eigenvalue weighted by atomic mass is 9.93. The minimum Gasteiger partial charge on any atom is -0.493 e.